The normalized spacial score (nSPS) is 14.5. The van der Waals surface area contributed by atoms with Gasteiger partial charge in [-0.15, -0.1) is 0 Å². The van der Waals surface area contributed by atoms with Crippen LogP contribution in [0.3, 0.4) is 0 Å². The lowest BCUT2D eigenvalue weighted by Crippen LogP contribution is -2.31. The highest BCUT2D eigenvalue weighted by molar-refractivity contribution is 5.92. The summed E-state index contributed by atoms with van der Waals surface area (Å²) in [5.74, 6) is 0.917. The van der Waals surface area contributed by atoms with Crippen LogP contribution in [0.25, 0.3) is 10.8 Å². The van der Waals surface area contributed by atoms with Crippen molar-refractivity contribution in [3.05, 3.63) is 103 Å². The van der Waals surface area contributed by atoms with Crippen molar-refractivity contribution in [2.45, 2.75) is 6.17 Å². The fourth-order valence-electron chi connectivity index (χ4n) is 4.44. The first-order valence-corrected chi connectivity index (χ1v) is 10.1. The fourth-order valence-corrected chi connectivity index (χ4v) is 4.44. The lowest BCUT2D eigenvalue weighted by molar-refractivity contribution is 0.419. The van der Waals surface area contributed by atoms with Crippen LogP contribution in [0.1, 0.15) is 11.7 Å². The van der Waals surface area contributed by atoms with Crippen LogP contribution in [-0.2, 0) is 0 Å². The van der Waals surface area contributed by atoms with Crippen LogP contribution in [0.15, 0.2) is 97.1 Å². The van der Waals surface area contributed by atoms with Crippen molar-refractivity contribution in [2.75, 3.05) is 30.0 Å². The summed E-state index contributed by atoms with van der Waals surface area (Å²) in [4.78, 5) is 5.00. The van der Waals surface area contributed by atoms with Gasteiger partial charge in [-0.3, -0.25) is 0 Å². The summed E-state index contributed by atoms with van der Waals surface area (Å²) >= 11 is 0. The zero-order chi connectivity index (χ0) is 19.6. The van der Waals surface area contributed by atoms with E-state index < -0.39 is 0 Å². The minimum Gasteiger partial charge on any atom is -0.496 e. The largest absolute Gasteiger partial charge is 0.496 e. The molecule has 1 fully saturated rings. The van der Waals surface area contributed by atoms with Gasteiger partial charge in [0.25, 0.3) is 0 Å². The molecule has 0 atom stereocenters. The van der Waals surface area contributed by atoms with E-state index in [1.54, 1.807) is 7.11 Å². The standard InChI is InChI=1S/C26H24N2O/c1-29-25-17-16-24(22-14-8-9-15-23(22)25)26-27(20-10-4-2-5-11-20)18-19-28(26)21-12-6-3-7-13-21/h2-17,26H,18-19H2,1H3. The molecule has 0 saturated carbocycles. The Kier molecular flexibility index (Phi) is 4.57. The van der Waals surface area contributed by atoms with E-state index in [0.29, 0.717) is 0 Å². The van der Waals surface area contributed by atoms with Crippen molar-refractivity contribution in [3.63, 3.8) is 0 Å². The van der Waals surface area contributed by atoms with E-state index in [0.717, 1.165) is 24.2 Å². The first kappa shape index (κ1) is 17.6. The van der Waals surface area contributed by atoms with Crippen LogP contribution < -0.4 is 14.5 Å². The molecular formula is C26H24N2O. The summed E-state index contributed by atoms with van der Waals surface area (Å²) in [6.45, 7) is 1.95. The number of hydrogen-bond acceptors (Lipinski definition) is 3. The molecule has 1 saturated heterocycles. The molecule has 4 aromatic carbocycles. The summed E-state index contributed by atoms with van der Waals surface area (Å²) in [6.07, 6.45) is 0.121. The third-order valence-electron chi connectivity index (χ3n) is 5.76. The van der Waals surface area contributed by atoms with Crippen LogP contribution in [-0.4, -0.2) is 20.2 Å². The quantitative estimate of drug-likeness (QED) is 0.440. The van der Waals surface area contributed by atoms with E-state index in [1.807, 2.05) is 0 Å². The van der Waals surface area contributed by atoms with E-state index in [-0.39, 0.29) is 6.17 Å². The maximum Gasteiger partial charge on any atom is 0.129 e. The number of nitrogens with zero attached hydrogens (tertiary/aromatic N) is 2. The molecule has 5 rings (SSSR count). The van der Waals surface area contributed by atoms with Gasteiger partial charge in [-0.25, -0.2) is 0 Å². The molecule has 0 bridgehead atoms. The summed E-state index contributed by atoms with van der Waals surface area (Å²) in [5, 5.41) is 2.39. The van der Waals surface area contributed by atoms with Gasteiger partial charge in [-0.1, -0.05) is 66.7 Å². The van der Waals surface area contributed by atoms with Crippen LogP contribution in [0.5, 0.6) is 5.75 Å². The van der Waals surface area contributed by atoms with E-state index in [2.05, 4.69) is 107 Å². The van der Waals surface area contributed by atoms with Gasteiger partial charge in [0.2, 0.25) is 0 Å². The average Bonchev–Trinajstić information content (AvgIpc) is 3.24. The first-order valence-electron chi connectivity index (χ1n) is 10.1. The molecule has 3 nitrogen and oxygen atoms in total. The smallest absolute Gasteiger partial charge is 0.129 e. The topological polar surface area (TPSA) is 15.7 Å². The monoisotopic (exact) mass is 380 g/mol. The second-order valence-corrected chi connectivity index (χ2v) is 7.33. The molecule has 1 aliphatic heterocycles. The van der Waals surface area contributed by atoms with Gasteiger partial charge in [0.15, 0.2) is 0 Å². The fraction of sp³-hybridized carbons (Fsp3) is 0.154. The summed E-state index contributed by atoms with van der Waals surface area (Å²) < 4.78 is 5.64. The van der Waals surface area contributed by atoms with Crippen molar-refractivity contribution in [2.24, 2.45) is 0 Å². The molecular weight excluding hydrogens is 356 g/mol. The number of methoxy groups -OCH3 is 1. The van der Waals surface area contributed by atoms with E-state index >= 15 is 0 Å². The second-order valence-electron chi connectivity index (χ2n) is 7.33. The molecule has 0 radical (unpaired) electrons. The predicted octanol–water partition coefficient (Wildman–Crippen LogP) is 5.87. The van der Waals surface area contributed by atoms with Crippen molar-refractivity contribution in [3.8, 4) is 5.75 Å². The van der Waals surface area contributed by atoms with E-state index in [4.69, 9.17) is 4.74 Å². The third-order valence-corrected chi connectivity index (χ3v) is 5.76. The molecule has 1 aliphatic rings. The number of para-hydroxylation sites is 2. The maximum absolute atomic E-state index is 5.64. The van der Waals surface area contributed by atoms with E-state index in [9.17, 15) is 0 Å². The van der Waals surface area contributed by atoms with Gasteiger partial charge in [-0.05, 0) is 35.7 Å². The Morgan fingerprint density at radius 2 is 1.14 bits per heavy atom. The van der Waals surface area contributed by atoms with Gasteiger partial charge in [0, 0.05) is 35.4 Å². The average molecular weight is 380 g/mol. The molecule has 1 heterocycles. The Bertz CT molecular complexity index is 1060. The zero-order valence-electron chi connectivity index (χ0n) is 16.5. The lowest BCUT2D eigenvalue weighted by atomic mass is 10.00. The molecule has 4 aromatic rings. The van der Waals surface area contributed by atoms with Gasteiger partial charge in [-0.2, -0.15) is 0 Å². The van der Waals surface area contributed by atoms with Crippen molar-refractivity contribution in [1.82, 2.24) is 0 Å². The molecule has 0 amide bonds. The zero-order valence-corrected chi connectivity index (χ0v) is 16.5. The summed E-state index contributed by atoms with van der Waals surface area (Å²) in [7, 11) is 1.74. The predicted molar refractivity (Wildman–Crippen MR) is 121 cm³/mol. The lowest BCUT2D eigenvalue weighted by Gasteiger charge is -2.34. The molecule has 0 aromatic heterocycles. The highest BCUT2D eigenvalue weighted by Crippen LogP contribution is 2.41. The van der Waals surface area contributed by atoms with Crippen molar-refractivity contribution < 1.29 is 4.74 Å². The Morgan fingerprint density at radius 3 is 1.69 bits per heavy atom. The van der Waals surface area contributed by atoms with E-state index in [1.165, 1.54) is 22.3 Å². The minimum atomic E-state index is 0.121. The number of ether oxygens (including phenoxy) is 1. The first-order chi connectivity index (χ1) is 14.4. The molecule has 0 spiro atoms. The Balaban J connectivity index is 1.70. The summed E-state index contributed by atoms with van der Waals surface area (Å²) in [6, 6.07) is 34.3. The van der Waals surface area contributed by atoms with Crippen LogP contribution >= 0.6 is 0 Å². The number of benzene rings is 4. The molecule has 144 valence electrons. The number of anilines is 2. The van der Waals surface area contributed by atoms with Gasteiger partial charge >= 0.3 is 0 Å². The number of fused-ring (bicyclic) bond motifs is 1. The van der Waals surface area contributed by atoms with Crippen molar-refractivity contribution >= 4 is 22.1 Å². The molecule has 0 N–H and O–H groups in total. The highest BCUT2D eigenvalue weighted by Gasteiger charge is 2.34. The van der Waals surface area contributed by atoms with Crippen molar-refractivity contribution in [1.29, 1.82) is 0 Å². The van der Waals surface area contributed by atoms with Crippen LogP contribution in [0.2, 0.25) is 0 Å². The summed E-state index contributed by atoms with van der Waals surface area (Å²) in [5.41, 5.74) is 3.79. The Hall–Kier alpha value is -3.46. The SMILES string of the molecule is COc1ccc(C2N(c3ccccc3)CCN2c2ccccc2)c2ccccc12. The second kappa shape index (κ2) is 7.51. The Labute approximate surface area is 171 Å². The van der Waals surface area contributed by atoms with Crippen LogP contribution in [0, 0.1) is 0 Å². The molecule has 0 aliphatic carbocycles. The van der Waals surface area contributed by atoms with Gasteiger partial charge in [0.05, 0.1) is 7.11 Å². The number of rotatable bonds is 4. The Morgan fingerprint density at radius 1 is 0.621 bits per heavy atom. The number of hydrogen-bond donors (Lipinski definition) is 0. The van der Waals surface area contributed by atoms with Crippen LogP contribution in [0.4, 0.5) is 11.4 Å². The highest BCUT2D eigenvalue weighted by atomic mass is 16.5. The van der Waals surface area contributed by atoms with Gasteiger partial charge < -0.3 is 14.5 Å². The van der Waals surface area contributed by atoms with Gasteiger partial charge in [0.1, 0.15) is 11.9 Å². The minimum absolute atomic E-state index is 0.121. The molecule has 3 heteroatoms. The molecule has 0 unspecified atom stereocenters. The molecule has 29 heavy (non-hydrogen) atoms. The maximum atomic E-state index is 5.64. The third kappa shape index (κ3) is 3.09.